The van der Waals surface area contributed by atoms with Gasteiger partial charge in [-0.2, -0.15) is 0 Å². The van der Waals surface area contributed by atoms with Gasteiger partial charge in [0.25, 0.3) is 5.91 Å². The minimum atomic E-state index is -0.225. The van der Waals surface area contributed by atoms with Gasteiger partial charge in [0.05, 0.1) is 18.1 Å². The maximum Gasteiger partial charge on any atom is 0.255 e. The molecule has 162 valence electrons. The molecule has 3 aromatic rings. The van der Waals surface area contributed by atoms with Crippen LogP contribution in [0.15, 0.2) is 53.1 Å². The normalized spacial score (nSPS) is 10.5. The summed E-state index contributed by atoms with van der Waals surface area (Å²) in [4.78, 5) is 24.6. The van der Waals surface area contributed by atoms with Crippen molar-refractivity contribution in [3.8, 4) is 5.75 Å². The molecule has 31 heavy (non-hydrogen) atoms. The van der Waals surface area contributed by atoms with Crippen LogP contribution < -0.4 is 15.4 Å². The Morgan fingerprint density at radius 1 is 1.00 bits per heavy atom. The smallest absolute Gasteiger partial charge is 0.255 e. The van der Waals surface area contributed by atoms with E-state index < -0.39 is 0 Å². The molecule has 0 aliphatic carbocycles. The number of amides is 2. The number of nitrogens with one attached hydrogen (secondary N) is 2. The Balaban J connectivity index is 1.47. The molecule has 7 nitrogen and oxygen atoms in total. The van der Waals surface area contributed by atoms with Crippen molar-refractivity contribution in [2.24, 2.45) is 0 Å². The van der Waals surface area contributed by atoms with Gasteiger partial charge < -0.3 is 19.9 Å². The van der Waals surface area contributed by atoms with Gasteiger partial charge in [0, 0.05) is 28.3 Å². The number of carbonyl (C=O) groups excluding carboxylic acids is 2. The van der Waals surface area contributed by atoms with Gasteiger partial charge in [-0.05, 0) is 69.3 Å². The van der Waals surface area contributed by atoms with Crippen LogP contribution in [0, 0.1) is 13.8 Å². The van der Waals surface area contributed by atoms with E-state index in [0.29, 0.717) is 35.1 Å². The van der Waals surface area contributed by atoms with Gasteiger partial charge in [-0.25, -0.2) is 0 Å². The number of hydrogen-bond donors (Lipinski definition) is 2. The standard InChI is InChI=1S/C23H25N3O4S/c1-4-29-20-11-9-19(10-12-20)25-23(28)17-5-7-18(8-6-17)24-22(27)14-31-13-21-15(2)26-30-16(21)3/h5-12H,4,13-14H2,1-3H3,(H,24,27)(H,25,28). The lowest BCUT2D eigenvalue weighted by Gasteiger charge is -2.09. The van der Waals surface area contributed by atoms with E-state index >= 15 is 0 Å². The molecule has 0 saturated carbocycles. The molecule has 0 fully saturated rings. The van der Waals surface area contributed by atoms with Gasteiger partial charge in [0.15, 0.2) is 0 Å². The van der Waals surface area contributed by atoms with Crippen LogP contribution in [-0.2, 0) is 10.5 Å². The summed E-state index contributed by atoms with van der Waals surface area (Å²) < 4.78 is 10.5. The molecule has 8 heteroatoms. The van der Waals surface area contributed by atoms with Crippen LogP contribution in [0.5, 0.6) is 5.75 Å². The average Bonchev–Trinajstić information content (AvgIpc) is 3.08. The van der Waals surface area contributed by atoms with Gasteiger partial charge in [0.2, 0.25) is 5.91 Å². The highest BCUT2D eigenvalue weighted by Gasteiger charge is 2.11. The molecule has 1 heterocycles. The molecule has 0 aliphatic rings. The fourth-order valence-corrected chi connectivity index (χ4v) is 3.84. The zero-order valence-electron chi connectivity index (χ0n) is 17.7. The lowest BCUT2D eigenvalue weighted by molar-refractivity contribution is -0.113. The third kappa shape index (κ3) is 6.36. The first-order valence-corrected chi connectivity index (χ1v) is 11.1. The topological polar surface area (TPSA) is 93.5 Å². The number of carbonyl (C=O) groups is 2. The predicted octanol–water partition coefficient (Wildman–Crippen LogP) is 4.81. The van der Waals surface area contributed by atoms with E-state index in [1.807, 2.05) is 20.8 Å². The number of hydrogen-bond acceptors (Lipinski definition) is 6. The molecule has 3 rings (SSSR count). The van der Waals surface area contributed by atoms with Crippen molar-refractivity contribution in [2.45, 2.75) is 26.5 Å². The largest absolute Gasteiger partial charge is 0.494 e. The van der Waals surface area contributed by atoms with E-state index in [2.05, 4.69) is 15.8 Å². The summed E-state index contributed by atoms with van der Waals surface area (Å²) >= 11 is 1.49. The number of aryl methyl sites for hydroxylation is 2. The Morgan fingerprint density at radius 2 is 1.65 bits per heavy atom. The molecular weight excluding hydrogens is 414 g/mol. The Hall–Kier alpha value is -3.26. The Kier molecular flexibility index (Phi) is 7.72. The van der Waals surface area contributed by atoms with E-state index in [0.717, 1.165) is 22.8 Å². The molecular formula is C23H25N3O4S. The number of thioether (sulfide) groups is 1. The number of aromatic nitrogens is 1. The maximum absolute atomic E-state index is 12.4. The van der Waals surface area contributed by atoms with Crippen molar-refractivity contribution in [1.29, 1.82) is 0 Å². The minimum Gasteiger partial charge on any atom is -0.494 e. The molecule has 0 atom stereocenters. The second-order valence-corrected chi connectivity index (χ2v) is 7.82. The quantitative estimate of drug-likeness (QED) is 0.497. The van der Waals surface area contributed by atoms with E-state index in [4.69, 9.17) is 9.26 Å². The third-order valence-corrected chi connectivity index (χ3v) is 5.47. The fraction of sp³-hybridized carbons (Fsp3) is 0.261. The zero-order chi connectivity index (χ0) is 22.2. The molecule has 1 aromatic heterocycles. The Morgan fingerprint density at radius 3 is 2.26 bits per heavy atom. The number of rotatable bonds is 9. The zero-order valence-corrected chi connectivity index (χ0v) is 18.5. The highest BCUT2D eigenvalue weighted by Crippen LogP contribution is 2.20. The summed E-state index contributed by atoms with van der Waals surface area (Å²) in [5.41, 5.74) is 3.70. The first-order valence-electron chi connectivity index (χ1n) is 9.90. The second-order valence-electron chi connectivity index (χ2n) is 6.83. The van der Waals surface area contributed by atoms with Gasteiger partial charge in [0.1, 0.15) is 11.5 Å². The van der Waals surface area contributed by atoms with Crippen molar-refractivity contribution < 1.29 is 18.8 Å². The van der Waals surface area contributed by atoms with Crippen molar-refractivity contribution in [2.75, 3.05) is 23.0 Å². The fourth-order valence-electron chi connectivity index (χ4n) is 2.86. The van der Waals surface area contributed by atoms with Crippen LogP contribution in [0.3, 0.4) is 0 Å². The van der Waals surface area contributed by atoms with Crippen LogP contribution in [0.1, 0.15) is 34.3 Å². The molecule has 0 aliphatic heterocycles. The number of nitrogens with zero attached hydrogens (tertiary/aromatic N) is 1. The lowest BCUT2D eigenvalue weighted by Crippen LogP contribution is -2.15. The molecule has 2 aromatic carbocycles. The van der Waals surface area contributed by atoms with Gasteiger partial charge in [-0.1, -0.05) is 5.16 Å². The number of benzene rings is 2. The lowest BCUT2D eigenvalue weighted by atomic mass is 10.2. The summed E-state index contributed by atoms with van der Waals surface area (Å²) in [7, 11) is 0. The van der Waals surface area contributed by atoms with Crippen molar-refractivity contribution in [3.63, 3.8) is 0 Å². The van der Waals surface area contributed by atoms with Crippen LogP contribution in [-0.4, -0.2) is 29.3 Å². The highest BCUT2D eigenvalue weighted by atomic mass is 32.2. The molecule has 2 N–H and O–H groups in total. The summed E-state index contributed by atoms with van der Waals surface area (Å²) in [6.45, 7) is 6.26. The van der Waals surface area contributed by atoms with Crippen molar-refractivity contribution in [1.82, 2.24) is 5.16 Å². The van der Waals surface area contributed by atoms with Crippen LogP contribution in [0.2, 0.25) is 0 Å². The first-order chi connectivity index (χ1) is 15.0. The Labute approximate surface area is 185 Å². The molecule has 0 spiro atoms. The third-order valence-electron chi connectivity index (χ3n) is 4.51. The van der Waals surface area contributed by atoms with Crippen LogP contribution >= 0.6 is 11.8 Å². The van der Waals surface area contributed by atoms with E-state index in [1.54, 1.807) is 48.5 Å². The molecule has 2 amide bonds. The van der Waals surface area contributed by atoms with Gasteiger partial charge in [-0.3, -0.25) is 9.59 Å². The van der Waals surface area contributed by atoms with E-state index in [-0.39, 0.29) is 11.8 Å². The van der Waals surface area contributed by atoms with E-state index in [9.17, 15) is 9.59 Å². The SMILES string of the molecule is CCOc1ccc(NC(=O)c2ccc(NC(=O)CSCc3c(C)noc3C)cc2)cc1. The molecule has 0 radical (unpaired) electrons. The molecule has 0 bridgehead atoms. The van der Waals surface area contributed by atoms with Gasteiger partial charge >= 0.3 is 0 Å². The van der Waals surface area contributed by atoms with Crippen molar-refractivity contribution in [3.05, 3.63) is 71.1 Å². The molecule has 0 unspecified atom stereocenters. The van der Waals surface area contributed by atoms with Gasteiger partial charge in [-0.15, -0.1) is 11.8 Å². The van der Waals surface area contributed by atoms with Crippen LogP contribution in [0.25, 0.3) is 0 Å². The summed E-state index contributed by atoms with van der Waals surface area (Å²) in [6.07, 6.45) is 0. The number of anilines is 2. The summed E-state index contributed by atoms with van der Waals surface area (Å²) in [6, 6.07) is 14.0. The maximum atomic E-state index is 12.4. The monoisotopic (exact) mass is 439 g/mol. The Bertz CT molecular complexity index is 1010. The summed E-state index contributed by atoms with van der Waals surface area (Å²) in [5.74, 6) is 2.18. The van der Waals surface area contributed by atoms with Crippen LogP contribution in [0.4, 0.5) is 11.4 Å². The molecule has 0 saturated heterocycles. The highest BCUT2D eigenvalue weighted by molar-refractivity contribution is 7.99. The second kappa shape index (κ2) is 10.7. The average molecular weight is 440 g/mol. The predicted molar refractivity (Wildman–Crippen MR) is 123 cm³/mol. The first kappa shape index (κ1) is 22.4. The summed E-state index contributed by atoms with van der Waals surface area (Å²) in [5, 5.41) is 9.60. The minimum absolute atomic E-state index is 0.108. The number of ether oxygens (including phenoxy) is 1. The van der Waals surface area contributed by atoms with E-state index in [1.165, 1.54) is 11.8 Å². The van der Waals surface area contributed by atoms with Crippen molar-refractivity contribution >= 4 is 35.0 Å².